The molecule has 0 spiro atoms. The van der Waals surface area contributed by atoms with Crippen LogP contribution >= 0.6 is 11.8 Å². The van der Waals surface area contributed by atoms with E-state index in [1.54, 1.807) is 24.3 Å². The standard InChI is InChI=1S/C16H17NO6S/c1-3-6-17-15(20)13(24-16(17)21)8-10-4-5-11(12(7-10)22-2)23-9-14(18)19/h4-5,7-8H,3,6,9H2,1-2H3,(H,18,19)/b13-8+. The maximum Gasteiger partial charge on any atom is 0.341 e. The summed E-state index contributed by atoms with van der Waals surface area (Å²) in [7, 11) is 1.43. The maximum atomic E-state index is 12.2. The first-order chi connectivity index (χ1) is 11.5. The fraction of sp³-hybridized carbons (Fsp3) is 0.312. The van der Waals surface area contributed by atoms with E-state index in [-0.39, 0.29) is 16.9 Å². The number of rotatable bonds is 7. The topological polar surface area (TPSA) is 93.1 Å². The molecule has 128 valence electrons. The highest BCUT2D eigenvalue weighted by Gasteiger charge is 2.34. The number of methoxy groups -OCH3 is 1. The number of benzene rings is 1. The Bertz CT molecular complexity index is 700. The fourth-order valence-electron chi connectivity index (χ4n) is 2.10. The number of carbonyl (C=O) groups excluding carboxylic acids is 2. The molecule has 8 heteroatoms. The quantitative estimate of drug-likeness (QED) is 0.755. The summed E-state index contributed by atoms with van der Waals surface area (Å²) in [4.78, 5) is 36.2. The van der Waals surface area contributed by atoms with Gasteiger partial charge in [0, 0.05) is 6.54 Å². The molecule has 2 rings (SSSR count). The van der Waals surface area contributed by atoms with Crippen LogP contribution in [0.1, 0.15) is 18.9 Å². The lowest BCUT2D eigenvalue weighted by Crippen LogP contribution is -2.28. The molecule has 0 bridgehead atoms. The van der Waals surface area contributed by atoms with Crippen LogP contribution in [0.15, 0.2) is 23.1 Å². The van der Waals surface area contributed by atoms with E-state index in [9.17, 15) is 14.4 Å². The number of thioether (sulfide) groups is 1. The van der Waals surface area contributed by atoms with Gasteiger partial charge in [-0.3, -0.25) is 14.5 Å². The number of nitrogens with zero attached hydrogens (tertiary/aromatic N) is 1. The number of ether oxygens (including phenoxy) is 2. The Morgan fingerprint density at radius 1 is 1.33 bits per heavy atom. The zero-order valence-electron chi connectivity index (χ0n) is 13.3. The van der Waals surface area contributed by atoms with Gasteiger partial charge in [-0.1, -0.05) is 13.0 Å². The van der Waals surface area contributed by atoms with Crippen LogP contribution in [0.3, 0.4) is 0 Å². The molecule has 0 aliphatic carbocycles. The lowest BCUT2D eigenvalue weighted by molar-refractivity contribution is -0.139. The Balaban J connectivity index is 2.22. The molecule has 24 heavy (non-hydrogen) atoms. The van der Waals surface area contributed by atoms with Crippen LogP contribution in [0.25, 0.3) is 6.08 Å². The van der Waals surface area contributed by atoms with Crippen molar-refractivity contribution in [2.45, 2.75) is 13.3 Å². The van der Waals surface area contributed by atoms with Crippen molar-refractivity contribution in [3.05, 3.63) is 28.7 Å². The van der Waals surface area contributed by atoms with E-state index in [1.165, 1.54) is 12.0 Å². The molecule has 0 atom stereocenters. The average molecular weight is 351 g/mol. The van der Waals surface area contributed by atoms with Gasteiger partial charge >= 0.3 is 5.97 Å². The molecule has 7 nitrogen and oxygen atoms in total. The first kappa shape index (κ1) is 17.9. The van der Waals surface area contributed by atoms with Crippen LogP contribution in [0.5, 0.6) is 11.5 Å². The summed E-state index contributed by atoms with van der Waals surface area (Å²) in [5, 5.41) is 8.38. The zero-order valence-corrected chi connectivity index (χ0v) is 14.1. The van der Waals surface area contributed by atoms with E-state index < -0.39 is 12.6 Å². The Hall–Kier alpha value is -2.48. The van der Waals surface area contributed by atoms with Crippen LogP contribution < -0.4 is 9.47 Å². The Morgan fingerprint density at radius 2 is 2.08 bits per heavy atom. The summed E-state index contributed by atoms with van der Waals surface area (Å²) in [6.07, 6.45) is 2.30. The molecule has 1 saturated heterocycles. The number of carboxylic acids is 1. The molecule has 0 saturated carbocycles. The predicted molar refractivity (Wildman–Crippen MR) is 89.1 cm³/mol. The van der Waals surface area contributed by atoms with Crippen molar-refractivity contribution in [2.24, 2.45) is 0 Å². The summed E-state index contributed by atoms with van der Waals surface area (Å²) < 4.78 is 10.3. The molecule has 2 amide bonds. The molecule has 0 radical (unpaired) electrons. The normalized spacial score (nSPS) is 15.9. The van der Waals surface area contributed by atoms with Gasteiger partial charge in [-0.2, -0.15) is 0 Å². The summed E-state index contributed by atoms with van der Waals surface area (Å²) in [6.45, 7) is 1.81. The number of hydrogen-bond donors (Lipinski definition) is 1. The Morgan fingerprint density at radius 3 is 2.71 bits per heavy atom. The first-order valence-electron chi connectivity index (χ1n) is 7.24. The van der Waals surface area contributed by atoms with Gasteiger partial charge < -0.3 is 14.6 Å². The second-order valence-electron chi connectivity index (χ2n) is 4.93. The van der Waals surface area contributed by atoms with Crippen molar-refractivity contribution < 1.29 is 29.0 Å². The van der Waals surface area contributed by atoms with E-state index in [1.807, 2.05) is 6.92 Å². The second kappa shape index (κ2) is 7.87. The zero-order chi connectivity index (χ0) is 17.7. The molecule has 1 aromatic carbocycles. The number of aliphatic carboxylic acids is 1. The van der Waals surface area contributed by atoms with Crippen molar-refractivity contribution >= 4 is 35.0 Å². The third-order valence-corrected chi connectivity index (χ3v) is 4.06. The summed E-state index contributed by atoms with van der Waals surface area (Å²) in [5.41, 5.74) is 0.650. The molecule has 0 unspecified atom stereocenters. The minimum absolute atomic E-state index is 0.276. The van der Waals surface area contributed by atoms with Gasteiger partial charge in [-0.15, -0.1) is 0 Å². The van der Waals surface area contributed by atoms with E-state index in [4.69, 9.17) is 14.6 Å². The number of hydrogen-bond acceptors (Lipinski definition) is 6. The van der Waals surface area contributed by atoms with Crippen LogP contribution in [0, 0.1) is 0 Å². The van der Waals surface area contributed by atoms with Crippen LogP contribution in [0.4, 0.5) is 4.79 Å². The summed E-state index contributed by atoms with van der Waals surface area (Å²) >= 11 is 0.897. The third-order valence-electron chi connectivity index (χ3n) is 3.16. The number of carboxylic acid groups (broad SMARTS) is 1. The Kier molecular flexibility index (Phi) is 5.86. The highest BCUT2D eigenvalue weighted by atomic mass is 32.2. The predicted octanol–water partition coefficient (Wildman–Crippen LogP) is 2.60. The SMILES string of the molecule is CCCN1C(=O)S/C(=C/c2ccc(OCC(=O)O)c(OC)c2)C1=O. The fourth-order valence-corrected chi connectivity index (χ4v) is 2.97. The van der Waals surface area contributed by atoms with Crippen molar-refractivity contribution in [1.82, 2.24) is 4.90 Å². The first-order valence-corrected chi connectivity index (χ1v) is 8.06. The lowest BCUT2D eigenvalue weighted by Gasteiger charge is -2.10. The van der Waals surface area contributed by atoms with Crippen LogP contribution in [-0.2, 0) is 9.59 Å². The molecule has 1 N–H and O–H groups in total. The minimum atomic E-state index is -1.09. The molecular formula is C16H17NO6S. The molecule has 1 aliphatic heterocycles. The maximum absolute atomic E-state index is 12.2. The number of imide groups is 1. The third kappa shape index (κ3) is 4.08. The number of amides is 2. The van der Waals surface area contributed by atoms with Crippen molar-refractivity contribution in [1.29, 1.82) is 0 Å². The molecule has 1 heterocycles. The van der Waals surface area contributed by atoms with Gasteiger partial charge in [0.15, 0.2) is 18.1 Å². The van der Waals surface area contributed by atoms with Crippen LogP contribution in [-0.4, -0.2) is 47.4 Å². The molecule has 1 aromatic rings. The molecular weight excluding hydrogens is 334 g/mol. The van der Waals surface area contributed by atoms with Gasteiger partial charge in [0.05, 0.1) is 12.0 Å². The van der Waals surface area contributed by atoms with Gasteiger partial charge in [-0.05, 0) is 42.0 Å². The minimum Gasteiger partial charge on any atom is -0.493 e. The van der Waals surface area contributed by atoms with E-state index in [0.29, 0.717) is 29.2 Å². The van der Waals surface area contributed by atoms with Crippen LogP contribution in [0.2, 0.25) is 0 Å². The van der Waals surface area contributed by atoms with Crippen molar-refractivity contribution in [3.8, 4) is 11.5 Å². The monoisotopic (exact) mass is 351 g/mol. The van der Waals surface area contributed by atoms with Gasteiger partial charge in [0.2, 0.25) is 0 Å². The molecule has 0 aromatic heterocycles. The van der Waals surface area contributed by atoms with Gasteiger partial charge in [0.1, 0.15) is 0 Å². The van der Waals surface area contributed by atoms with E-state index >= 15 is 0 Å². The largest absolute Gasteiger partial charge is 0.493 e. The number of carbonyl (C=O) groups is 3. The highest BCUT2D eigenvalue weighted by molar-refractivity contribution is 8.18. The second-order valence-corrected chi connectivity index (χ2v) is 5.92. The van der Waals surface area contributed by atoms with Gasteiger partial charge in [0.25, 0.3) is 11.1 Å². The summed E-state index contributed by atoms with van der Waals surface area (Å²) in [5.74, 6) is -0.767. The smallest absolute Gasteiger partial charge is 0.341 e. The highest BCUT2D eigenvalue weighted by Crippen LogP contribution is 2.34. The van der Waals surface area contributed by atoms with E-state index in [0.717, 1.165) is 11.8 Å². The van der Waals surface area contributed by atoms with Crippen molar-refractivity contribution in [2.75, 3.05) is 20.3 Å². The lowest BCUT2D eigenvalue weighted by atomic mass is 10.2. The molecule has 1 aliphatic rings. The molecule has 1 fully saturated rings. The summed E-state index contributed by atoms with van der Waals surface area (Å²) in [6, 6.07) is 4.84. The van der Waals surface area contributed by atoms with Gasteiger partial charge in [-0.25, -0.2) is 4.79 Å². The van der Waals surface area contributed by atoms with E-state index in [2.05, 4.69) is 0 Å². The average Bonchev–Trinajstić information content (AvgIpc) is 2.81. The Labute approximate surface area is 143 Å². The van der Waals surface area contributed by atoms with Crippen molar-refractivity contribution in [3.63, 3.8) is 0 Å².